The number of benzene rings is 1. The number of halogens is 3. The zero-order valence-electron chi connectivity index (χ0n) is 17.3. The number of rotatable bonds is 4. The Labute approximate surface area is 182 Å². The molecule has 2 saturated heterocycles. The molecule has 3 unspecified atom stereocenters. The zero-order valence-corrected chi connectivity index (χ0v) is 17.3. The molecule has 2 aromatic heterocycles. The number of hydrogen-bond donors (Lipinski definition) is 2. The second-order valence-electron chi connectivity index (χ2n) is 8.22. The van der Waals surface area contributed by atoms with E-state index in [-0.39, 0.29) is 23.7 Å². The Morgan fingerprint density at radius 3 is 2.94 bits per heavy atom. The fraction of sp³-hybridized carbons (Fsp3) is 0.409. The van der Waals surface area contributed by atoms with E-state index in [2.05, 4.69) is 20.7 Å². The van der Waals surface area contributed by atoms with Gasteiger partial charge >= 0.3 is 0 Å². The van der Waals surface area contributed by atoms with Crippen molar-refractivity contribution in [3.8, 4) is 0 Å². The lowest BCUT2D eigenvalue weighted by Crippen LogP contribution is -2.50. The number of piperidine rings is 1. The third kappa shape index (κ3) is 3.79. The molecule has 3 atom stereocenters. The Hall–Kier alpha value is -3.14. The van der Waals surface area contributed by atoms with Crippen LogP contribution in [0.25, 0.3) is 5.65 Å². The summed E-state index contributed by atoms with van der Waals surface area (Å²) in [6.07, 6.45) is 3.88. The molecule has 5 rings (SSSR count). The van der Waals surface area contributed by atoms with Crippen molar-refractivity contribution in [2.75, 3.05) is 24.5 Å². The summed E-state index contributed by atoms with van der Waals surface area (Å²) in [5.74, 6) is -0.844. The van der Waals surface area contributed by atoms with Crippen molar-refractivity contribution < 1.29 is 18.0 Å². The number of amides is 1. The van der Waals surface area contributed by atoms with Crippen molar-refractivity contribution in [1.29, 1.82) is 0 Å². The molecule has 168 valence electrons. The molecule has 2 N–H and O–H groups in total. The summed E-state index contributed by atoms with van der Waals surface area (Å²) >= 11 is 0. The van der Waals surface area contributed by atoms with Gasteiger partial charge in [-0.05, 0) is 50.1 Å². The molecule has 4 heterocycles. The van der Waals surface area contributed by atoms with Crippen LogP contribution in [0.3, 0.4) is 0 Å². The standard InChI is InChI=1S/C22H23F3N6O/c23-13-3-4-16(24)14(10-13)19-2-1-8-30(19)20-6-9-31-21(29-20)15(11-27-31)22(32)28-18-5-7-26-12-17(18)25/h3-4,6,9-11,17-19,26H,1-2,5,7-8,12H2,(H,28,32). The lowest BCUT2D eigenvalue weighted by molar-refractivity contribution is 0.0893. The number of aromatic nitrogens is 3. The van der Waals surface area contributed by atoms with E-state index in [0.717, 1.165) is 18.6 Å². The molecule has 2 aliphatic heterocycles. The van der Waals surface area contributed by atoms with Crippen LogP contribution >= 0.6 is 0 Å². The number of anilines is 1. The predicted molar refractivity (Wildman–Crippen MR) is 112 cm³/mol. The van der Waals surface area contributed by atoms with Crippen molar-refractivity contribution in [1.82, 2.24) is 25.2 Å². The van der Waals surface area contributed by atoms with Crippen LogP contribution in [-0.2, 0) is 0 Å². The van der Waals surface area contributed by atoms with Crippen LogP contribution in [0, 0.1) is 11.6 Å². The second kappa shape index (κ2) is 8.42. The first-order valence-corrected chi connectivity index (χ1v) is 10.7. The molecule has 3 aromatic rings. The first-order valence-electron chi connectivity index (χ1n) is 10.7. The first-order chi connectivity index (χ1) is 15.5. The van der Waals surface area contributed by atoms with Crippen LogP contribution in [0.4, 0.5) is 19.0 Å². The Bertz CT molecular complexity index is 1150. The van der Waals surface area contributed by atoms with Crippen LogP contribution in [-0.4, -0.2) is 52.4 Å². The average Bonchev–Trinajstić information content (AvgIpc) is 3.43. The molecular weight excluding hydrogens is 421 g/mol. The highest BCUT2D eigenvalue weighted by Crippen LogP contribution is 2.36. The summed E-state index contributed by atoms with van der Waals surface area (Å²) < 4.78 is 43.8. The van der Waals surface area contributed by atoms with E-state index in [1.54, 1.807) is 12.3 Å². The van der Waals surface area contributed by atoms with Crippen molar-refractivity contribution in [2.24, 2.45) is 0 Å². The molecule has 0 bridgehead atoms. The second-order valence-corrected chi connectivity index (χ2v) is 8.22. The minimum atomic E-state index is -1.16. The molecule has 7 nitrogen and oxygen atoms in total. The van der Waals surface area contributed by atoms with Gasteiger partial charge in [0.1, 0.15) is 29.2 Å². The SMILES string of the molecule is O=C(NC1CCNCC1F)c1cnn2ccc(N3CCCC3c3cc(F)ccc3F)nc12. The number of fused-ring (bicyclic) bond motifs is 1. The van der Waals surface area contributed by atoms with Gasteiger partial charge in [0, 0.05) is 24.8 Å². The molecule has 1 aromatic carbocycles. The maximum atomic E-state index is 14.4. The Morgan fingerprint density at radius 2 is 2.09 bits per heavy atom. The normalized spacial score (nSPS) is 23.6. The lowest BCUT2D eigenvalue weighted by atomic mass is 10.0. The van der Waals surface area contributed by atoms with Crippen LogP contribution in [0.1, 0.15) is 41.2 Å². The summed E-state index contributed by atoms with van der Waals surface area (Å²) in [5.41, 5.74) is 0.857. The minimum absolute atomic E-state index is 0.203. The molecule has 0 radical (unpaired) electrons. The molecule has 2 fully saturated rings. The molecule has 2 aliphatic rings. The van der Waals surface area contributed by atoms with E-state index in [0.29, 0.717) is 37.4 Å². The third-order valence-corrected chi connectivity index (χ3v) is 6.19. The molecule has 1 amide bonds. The maximum Gasteiger partial charge on any atom is 0.257 e. The minimum Gasteiger partial charge on any atom is -0.349 e. The quantitative estimate of drug-likeness (QED) is 0.648. The van der Waals surface area contributed by atoms with Crippen LogP contribution in [0.15, 0.2) is 36.7 Å². The van der Waals surface area contributed by atoms with E-state index in [1.165, 1.54) is 16.8 Å². The van der Waals surface area contributed by atoms with Gasteiger partial charge in [-0.25, -0.2) is 22.7 Å². The van der Waals surface area contributed by atoms with Gasteiger partial charge in [-0.2, -0.15) is 5.10 Å². The molecule has 0 saturated carbocycles. The first kappa shape index (κ1) is 20.7. The van der Waals surface area contributed by atoms with Gasteiger partial charge in [0.15, 0.2) is 5.65 Å². The Kier molecular flexibility index (Phi) is 5.46. The fourth-order valence-electron chi connectivity index (χ4n) is 4.54. The summed E-state index contributed by atoms with van der Waals surface area (Å²) in [5, 5.41) is 9.89. The van der Waals surface area contributed by atoms with E-state index >= 15 is 0 Å². The Morgan fingerprint density at radius 1 is 1.22 bits per heavy atom. The third-order valence-electron chi connectivity index (χ3n) is 6.19. The molecule has 32 heavy (non-hydrogen) atoms. The highest BCUT2D eigenvalue weighted by Gasteiger charge is 2.31. The fourth-order valence-corrected chi connectivity index (χ4v) is 4.54. The summed E-state index contributed by atoms with van der Waals surface area (Å²) in [7, 11) is 0. The molecule has 0 aliphatic carbocycles. The highest BCUT2D eigenvalue weighted by molar-refractivity contribution is 6.00. The van der Waals surface area contributed by atoms with Gasteiger partial charge in [-0.3, -0.25) is 4.79 Å². The number of carbonyl (C=O) groups is 1. The number of carbonyl (C=O) groups excluding carboxylic acids is 1. The number of alkyl halides is 1. The topological polar surface area (TPSA) is 74.6 Å². The van der Waals surface area contributed by atoms with Crippen LogP contribution in [0.2, 0.25) is 0 Å². The van der Waals surface area contributed by atoms with E-state index in [4.69, 9.17) is 0 Å². The Balaban J connectivity index is 1.44. The van der Waals surface area contributed by atoms with Gasteiger partial charge in [0.2, 0.25) is 0 Å². The predicted octanol–water partition coefficient (Wildman–Crippen LogP) is 2.78. The summed E-state index contributed by atoms with van der Waals surface area (Å²) in [6.45, 7) is 1.46. The van der Waals surface area contributed by atoms with Gasteiger partial charge in [0.25, 0.3) is 5.91 Å². The summed E-state index contributed by atoms with van der Waals surface area (Å²) in [6, 6.07) is 4.27. The molecule has 0 spiro atoms. The monoisotopic (exact) mass is 444 g/mol. The van der Waals surface area contributed by atoms with Crippen molar-refractivity contribution in [2.45, 2.75) is 37.5 Å². The smallest absolute Gasteiger partial charge is 0.257 e. The van der Waals surface area contributed by atoms with E-state index in [9.17, 15) is 18.0 Å². The lowest BCUT2D eigenvalue weighted by Gasteiger charge is -2.27. The van der Waals surface area contributed by atoms with Crippen LogP contribution < -0.4 is 15.5 Å². The van der Waals surface area contributed by atoms with Crippen LogP contribution in [0.5, 0.6) is 0 Å². The van der Waals surface area contributed by atoms with Gasteiger partial charge < -0.3 is 15.5 Å². The number of nitrogens with one attached hydrogen (secondary N) is 2. The van der Waals surface area contributed by atoms with E-state index in [1.807, 2.05) is 4.90 Å². The maximum absolute atomic E-state index is 14.4. The number of nitrogens with zero attached hydrogens (tertiary/aromatic N) is 4. The molecular formula is C22H23F3N6O. The molecule has 10 heteroatoms. The number of hydrogen-bond acceptors (Lipinski definition) is 5. The highest BCUT2D eigenvalue weighted by atomic mass is 19.1. The van der Waals surface area contributed by atoms with Gasteiger partial charge in [0.05, 0.1) is 18.3 Å². The van der Waals surface area contributed by atoms with Crippen molar-refractivity contribution in [3.05, 3.63) is 59.4 Å². The zero-order chi connectivity index (χ0) is 22.2. The van der Waals surface area contributed by atoms with E-state index < -0.39 is 29.8 Å². The largest absolute Gasteiger partial charge is 0.349 e. The van der Waals surface area contributed by atoms with Gasteiger partial charge in [-0.15, -0.1) is 0 Å². The summed E-state index contributed by atoms with van der Waals surface area (Å²) in [4.78, 5) is 19.4. The van der Waals surface area contributed by atoms with Gasteiger partial charge in [-0.1, -0.05) is 0 Å². The van der Waals surface area contributed by atoms with Crippen molar-refractivity contribution >= 4 is 17.4 Å². The average molecular weight is 444 g/mol. The van der Waals surface area contributed by atoms with Crippen molar-refractivity contribution in [3.63, 3.8) is 0 Å².